The van der Waals surface area contributed by atoms with E-state index in [-0.39, 0.29) is 5.69 Å². The van der Waals surface area contributed by atoms with E-state index >= 15 is 0 Å². The summed E-state index contributed by atoms with van der Waals surface area (Å²) in [6.45, 7) is 0. The lowest BCUT2D eigenvalue weighted by Crippen LogP contribution is -2.20. The number of carbonyl (C=O) groups excluding carboxylic acids is 1. The van der Waals surface area contributed by atoms with Crippen molar-refractivity contribution >= 4 is 29.0 Å². The van der Waals surface area contributed by atoms with E-state index in [1.807, 2.05) is 13.2 Å². The first-order chi connectivity index (χ1) is 16.2. The highest BCUT2D eigenvalue weighted by atomic mass is 35.5. The molecule has 0 radical (unpaired) electrons. The summed E-state index contributed by atoms with van der Waals surface area (Å²) in [6, 6.07) is 12.3. The molecule has 2 amide bonds. The number of nitrogens with zero attached hydrogens (tertiary/aromatic N) is 3. The molecule has 2 heterocycles. The maximum atomic E-state index is 13.0. The largest absolute Gasteiger partial charge is 0.457 e. The van der Waals surface area contributed by atoms with Gasteiger partial charge in [0.05, 0.1) is 22.6 Å². The summed E-state index contributed by atoms with van der Waals surface area (Å²) in [5.41, 5.74) is 0.605. The molecule has 4 rings (SSSR count). The topological polar surface area (TPSA) is 81.1 Å². The number of aromatic nitrogens is 3. The molecule has 2 aromatic carbocycles. The fraction of sp³-hybridized carbons (Fsp3) is 0.0870. The summed E-state index contributed by atoms with van der Waals surface area (Å²) in [6.07, 6.45) is 0.447. The van der Waals surface area contributed by atoms with Gasteiger partial charge < -0.3 is 19.9 Å². The van der Waals surface area contributed by atoms with Crippen molar-refractivity contribution in [3.8, 4) is 22.9 Å². The zero-order chi connectivity index (χ0) is 24.3. The van der Waals surface area contributed by atoms with Crippen LogP contribution in [0.5, 0.6) is 11.5 Å². The molecule has 0 aliphatic carbocycles. The molecule has 0 unspecified atom stereocenters. The minimum atomic E-state index is -4.64. The summed E-state index contributed by atoms with van der Waals surface area (Å²) >= 11 is 5.61. The minimum Gasteiger partial charge on any atom is -0.457 e. The van der Waals surface area contributed by atoms with Gasteiger partial charge in [-0.2, -0.15) is 13.2 Å². The van der Waals surface area contributed by atoms with E-state index < -0.39 is 22.8 Å². The quantitative estimate of drug-likeness (QED) is 0.333. The number of carbonyl (C=O) groups is 1. The monoisotopic (exact) mass is 487 g/mol. The second-order valence-electron chi connectivity index (χ2n) is 7.20. The predicted molar refractivity (Wildman–Crippen MR) is 122 cm³/mol. The standard InChI is InChI=1S/C23H17ClF3N5O2/c1-32-12-21(29-13-32)20-11-17(7-8-28-20)34-16-4-2-3-14(9-16)30-22(33)31-15-5-6-19(24)18(10-15)23(25,26)27/h2-13H,1H3,(H2,30,31,33). The third-order valence-electron chi connectivity index (χ3n) is 4.56. The average molecular weight is 488 g/mol. The second kappa shape index (κ2) is 9.44. The van der Waals surface area contributed by atoms with Gasteiger partial charge in [0.15, 0.2) is 0 Å². The van der Waals surface area contributed by atoms with Gasteiger partial charge in [-0.25, -0.2) is 9.78 Å². The van der Waals surface area contributed by atoms with Gasteiger partial charge in [-0.1, -0.05) is 17.7 Å². The number of nitrogens with one attached hydrogen (secondary N) is 2. The molecule has 34 heavy (non-hydrogen) atoms. The van der Waals surface area contributed by atoms with Crippen LogP contribution in [0.25, 0.3) is 11.4 Å². The van der Waals surface area contributed by atoms with Crippen LogP contribution in [0.15, 0.2) is 73.3 Å². The average Bonchev–Trinajstić information content (AvgIpc) is 3.21. The summed E-state index contributed by atoms with van der Waals surface area (Å²) in [7, 11) is 1.85. The molecule has 4 aromatic rings. The Bertz CT molecular complexity index is 1340. The van der Waals surface area contributed by atoms with Crippen LogP contribution in [0.4, 0.5) is 29.3 Å². The molecule has 7 nitrogen and oxygen atoms in total. The van der Waals surface area contributed by atoms with Gasteiger partial charge in [0.25, 0.3) is 0 Å². The van der Waals surface area contributed by atoms with Crippen LogP contribution in [0, 0.1) is 0 Å². The van der Waals surface area contributed by atoms with E-state index in [2.05, 4.69) is 20.6 Å². The maximum absolute atomic E-state index is 13.0. The SMILES string of the molecule is Cn1cnc(-c2cc(Oc3cccc(NC(=O)Nc4ccc(Cl)c(C(F)(F)F)c4)c3)ccn2)c1. The van der Waals surface area contributed by atoms with E-state index in [0.29, 0.717) is 28.6 Å². The number of hydrogen-bond acceptors (Lipinski definition) is 4. The molecule has 11 heteroatoms. The van der Waals surface area contributed by atoms with E-state index in [0.717, 1.165) is 12.1 Å². The van der Waals surface area contributed by atoms with Gasteiger partial charge in [-0.15, -0.1) is 0 Å². The number of halogens is 4. The third-order valence-corrected chi connectivity index (χ3v) is 4.89. The molecule has 174 valence electrons. The molecule has 0 bridgehead atoms. The van der Waals surface area contributed by atoms with Crippen molar-refractivity contribution < 1.29 is 22.7 Å². The van der Waals surface area contributed by atoms with Crippen LogP contribution in [-0.4, -0.2) is 20.6 Å². The van der Waals surface area contributed by atoms with E-state index in [1.54, 1.807) is 53.5 Å². The van der Waals surface area contributed by atoms with Crippen molar-refractivity contribution in [3.63, 3.8) is 0 Å². The highest BCUT2D eigenvalue weighted by Gasteiger charge is 2.33. The van der Waals surface area contributed by atoms with Gasteiger partial charge in [0, 0.05) is 42.9 Å². The van der Waals surface area contributed by atoms with Gasteiger partial charge in [0.1, 0.15) is 17.2 Å². The van der Waals surface area contributed by atoms with E-state index in [9.17, 15) is 18.0 Å². The highest BCUT2D eigenvalue weighted by Crippen LogP contribution is 2.36. The molecule has 2 N–H and O–H groups in total. The number of imidazole rings is 1. The Morgan fingerprint density at radius 1 is 0.971 bits per heavy atom. The lowest BCUT2D eigenvalue weighted by Gasteiger charge is -2.13. The Hall–Kier alpha value is -4.05. The first kappa shape index (κ1) is 23.1. The number of alkyl halides is 3. The maximum Gasteiger partial charge on any atom is 0.417 e. The number of amides is 2. The molecule has 0 saturated carbocycles. The van der Waals surface area contributed by atoms with Crippen LogP contribution < -0.4 is 15.4 Å². The molecule has 0 aliphatic heterocycles. The first-order valence-electron chi connectivity index (χ1n) is 9.84. The second-order valence-corrected chi connectivity index (χ2v) is 7.61. The normalized spacial score (nSPS) is 11.2. The Labute approximate surface area is 197 Å². The van der Waals surface area contributed by atoms with Gasteiger partial charge in [-0.05, 0) is 36.4 Å². The summed E-state index contributed by atoms with van der Waals surface area (Å²) < 4.78 is 46.7. The molecule has 0 fully saturated rings. The van der Waals surface area contributed by atoms with Crippen LogP contribution in [-0.2, 0) is 13.2 Å². The van der Waals surface area contributed by atoms with Gasteiger partial charge in [0.2, 0.25) is 0 Å². The summed E-state index contributed by atoms with van der Waals surface area (Å²) in [4.78, 5) is 20.9. The molecule has 2 aromatic heterocycles. The minimum absolute atomic E-state index is 0.0551. The Balaban J connectivity index is 1.44. The zero-order valence-corrected chi connectivity index (χ0v) is 18.4. The van der Waals surface area contributed by atoms with Crippen molar-refractivity contribution in [3.05, 3.63) is 83.9 Å². The van der Waals surface area contributed by atoms with Crippen LogP contribution in [0.2, 0.25) is 5.02 Å². The van der Waals surface area contributed by atoms with Crippen molar-refractivity contribution in [2.75, 3.05) is 10.6 Å². The number of pyridine rings is 1. The molecule has 0 saturated heterocycles. The first-order valence-corrected chi connectivity index (χ1v) is 10.2. The molecule has 0 aliphatic rings. The number of aryl methyl sites for hydroxylation is 1. The molecular formula is C23H17ClF3N5O2. The lowest BCUT2D eigenvalue weighted by atomic mass is 10.2. The van der Waals surface area contributed by atoms with Crippen molar-refractivity contribution in [1.82, 2.24) is 14.5 Å². The Morgan fingerprint density at radius 2 is 1.71 bits per heavy atom. The summed E-state index contributed by atoms with van der Waals surface area (Å²) in [5, 5.41) is 4.47. The van der Waals surface area contributed by atoms with E-state index in [4.69, 9.17) is 16.3 Å². The molecule has 0 spiro atoms. The number of anilines is 2. The third kappa shape index (κ3) is 5.65. The Morgan fingerprint density at radius 3 is 2.41 bits per heavy atom. The highest BCUT2D eigenvalue weighted by molar-refractivity contribution is 6.31. The number of hydrogen-bond donors (Lipinski definition) is 2. The van der Waals surface area contributed by atoms with Crippen molar-refractivity contribution in [2.45, 2.75) is 6.18 Å². The lowest BCUT2D eigenvalue weighted by molar-refractivity contribution is -0.137. The smallest absolute Gasteiger partial charge is 0.417 e. The fourth-order valence-electron chi connectivity index (χ4n) is 3.05. The molecule has 0 atom stereocenters. The zero-order valence-electron chi connectivity index (χ0n) is 17.6. The van der Waals surface area contributed by atoms with Crippen molar-refractivity contribution in [1.29, 1.82) is 0 Å². The van der Waals surface area contributed by atoms with Crippen LogP contribution in [0.1, 0.15) is 5.56 Å². The Kier molecular flexibility index (Phi) is 6.42. The predicted octanol–water partition coefficient (Wildman–Crippen LogP) is 6.59. The van der Waals surface area contributed by atoms with E-state index in [1.165, 1.54) is 6.07 Å². The fourth-order valence-corrected chi connectivity index (χ4v) is 3.27. The number of urea groups is 1. The summed E-state index contributed by atoms with van der Waals surface area (Å²) in [5.74, 6) is 0.944. The van der Waals surface area contributed by atoms with Crippen molar-refractivity contribution in [2.24, 2.45) is 7.05 Å². The number of benzene rings is 2. The van der Waals surface area contributed by atoms with Gasteiger partial charge >= 0.3 is 12.2 Å². The van der Waals surface area contributed by atoms with Crippen LogP contribution >= 0.6 is 11.6 Å². The number of rotatable bonds is 5. The van der Waals surface area contributed by atoms with Crippen LogP contribution in [0.3, 0.4) is 0 Å². The van der Waals surface area contributed by atoms with Gasteiger partial charge in [-0.3, -0.25) is 4.98 Å². The number of ether oxygens (including phenoxy) is 1. The molecular weight excluding hydrogens is 471 g/mol.